The van der Waals surface area contributed by atoms with Crippen molar-refractivity contribution in [3.8, 4) is 5.75 Å². The molecular formula is C27H29N9O2. The number of rotatable bonds is 8. The van der Waals surface area contributed by atoms with Gasteiger partial charge >= 0.3 is 0 Å². The maximum Gasteiger partial charge on any atom is 0.289 e. The van der Waals surface area contributed by atoms with E-state index in [0.29, 0.717) is 41.8 Å². The Hall–Kier alpha value is -4.80. The SMILES string of the molecule is C=N/C(=C\c1nncn1C)Oc1ccc(Nc2ncnc3ccc(NC4=N[C@H](C(C)C)CO4)cc23)cc1C. The fourth-order valence-corrected chi connectivity index (χ4v) is 3.89. The lowest BCUT2D eigenvalue weighted by molar-refractivity contribution is 0.290. The molecule has 0 bridgehead atoms. The van der Waals surface area contributed by atoms with E-state index in [1.807, 2.05) is 50.4 Å². The molecular weight excluding hydrogens is 482 g/mol. The monoisotopic (exact) mass is 511 g/mol. The molecule has 38 heavy (non-hydrogen) atoms. The van der Waals surface area contributed by atoms with Crippen molar-refractivity contribution in [3.63, 3.8) is 0 Å². The summed E-state index contributed by atoms with van der Waals surface area (Å²) in [6.45, 7) is 10.4. The first-order chi connectivity index (χ1) is 18.4. The Balaban J connectivity index is 1.35. The van der Waals surface area contributed by atoms with E-state index in [1.54, 1.807) is 23.3 Å². The van der Waals surface area contributed by atoms with Gasteiger partial charge in [-0.3, -0.25) is 0 Å². The Kier molecular flexibility index (Phi) is 6.98. The maximum atomic E-state index is 5.97. The highest BCUT2D eigenvalue weighted by Crippen LogP contribution is 2.29. The summed E-state index contributed by atoms with van der Waals surface area (Å²) in [4.78, 5) is 17.5. The summed E-state index contributed by atoms with van der Waals surface area (Å²) in [6, 6.07) is 12.3. The van der Waals surface area contributed by atoms with Crippen LogP contribution in [0.1, 0.15) is 25.2 Å². The minimum atomic E-state index is 0.161. The van der Waals surface area contributed by atoms with Crippen LogP contribution in [0, 0.1) is 12.8 Å². The van der Waals surface area contributed by atoms with Gasteiger partial charge in [0.2, 0.25) is 5.88 Å². The van der Waals surface area contributed by atoms with E-state index < -0.39 is 0 Å². The second kappa shape index (κ2) is 10.7. The third-order valence-corrected chi connectivity index (χ3v) is 6.14. The lowest BCUT2D eigenvalue weighted by Gasteiger charge is -2.13. The molecule has 194 valence electrons. The third-order valence-electron chi connectivity index (χ3n) is 6.14. The van der Waals surface area contributed by atoms with Gasteiger partial charge in [0.25, 0.3) is 6.02 Å². The van der Waals surface area contributed by atoms with E-state index in [-0.39, 0.29) is 6.04 Å². The number of aliphatic imine (C=N–C) groups is 2. The van der Waals surface area contributed by atoms with Crippen LogP contribution in [-0.4, -0.2) is 50.1 Å². The molecule has 1 aliphatic heterocycles. The van der Waals surface area contributed by atoms with Gasteiger partial charge in [0.1, 0.15) is 30.8 Å². The highest BCUT2D eigenvalue weighted by molar-refractivity contribution is 5.97. The largest absolute Gasteiger partial charge is 0.463 e. The molecule has 0 fully saturated rings. The molecule has 11 heteroatoms. The summed E-state index contributed by atoms with van der Waals surface area (Å²) in [6.07, 6.45) is 4.82. The number of amidine groups is 1. The minimum absolute atomic E-state index is 0.161. The Morgan fingerprint density at radius 1 is 1.18 bits per heavy atom. The van der Waals surface area contributed by atoms with E-state index >= 15 is 0 Å². The van der Waals surface area contributed by atoms with Crippen molar-refractivity contribution in [2.24, 2.45) is 23.0 Å². The van der Waals surface area contributed by atoms with Crippen LogP contribution in [0.4, 0.5) is 17.2 Å². The van der Waals surface area contributed by atoms with Gasteiger partial charge < -0.3 is 24.7 Å². The van der Waals surface area contributed by atoms with Crippen molar-refractivity contribution < 1.29 is 9.47 Å². The van der Waals surface area contributed by atoms with Crippen LogP contribution >= 0.6 is 0 Å². The molecule has 1 atom stereocenters. The lowest BCUT2D eigenvalue weighted by atomic mass is 10.1. The number of nitrogens with one attached hydrogen (secondary N) is 2. The van der Waals surface area contributed by atoms with Crippen LogP contribution in [0.25, 0.3) is 17.0 Å². The summed E-state index contributed by atoms with van der Waals surface area (Å²) >= 11 is 0. The molecule has 0 radical (unpaired) electrons. The normalized spacial score (nSPS) is 15.3. The number of aromatic nitrogens is 5. The molecule has 0 amide bonds. The number of aryl methyl sites for hydroxylation is 2. The van der Waals surface area contributed by atoms with Gasteiger partial charge in [-0.25, -0.2) is 20.0 Å². The standard InChI is InChI=1S/C27H29N9O2/c1-16(2)22-13-37-27(34-22)33-19-6-8-21-20(11-19)26(30-14-29-21)32-18-7-9-23(17(3)10-18)38-25(28-4)12-24-35-31-15-36(24)5/h6-12,14-16,22H,4,13H2,1-3,5H3,(H,33,34)(H,29,30,32)/b25-12+/t22-/m0/s1. The molecule has 1 aliphatic rings. The topological polar surface area (TPSA) is 124 Å². The van der Waals surface area contributed by atoms with Crippen molar-refractivity contribution in [2.45, 2.75) is 26.8 Å². The quantitative estimate of drug-likeness (QED) is 0.257. The van der Waals surface area contributed by atoms with Crippen LogP contribution in [0.3, 0.4) is 0 Å². The Labute approximate surface area is 220 Å². The predicted molar refractivity (Wildman–Crippen MR) is 149 cm³/mol. The van der Waals surface area contributed by atoms with E-state index in [0.717, 1.165) is 27.8 Å². The smallest absolute Gasteiger partial charge is 0.289 e. The molecule has 0 saturated heterocycles. The zero-order valence-corrected chi connectivity index (χ0v) is 21.7. The fourth-order valence-electron chi connectivity index (χ4n) is 3.89. The van der Waals surface area contributed by atoms with Gasteiger partial charge in [0, 0.05) is 29.9 Å². The molecule has 4 aromatic rings. The Bertz CT molecular complexity index is 1540. The van der Waals surface area contributed by atoms with Crippen LogP contribution in [0.15, 0.2) is 64.9 Å². The average Bonchev–Trinajstić information content (AvgIpc) is 3.54. The first-order valence-corrected chi connectivity index (χ1v) is 12.2. The van der Waals surface area contributed by atoms with E-state index in [2.05, 4.69) is 61.3 Å². The number of hydrogen-bond acceptors (Lipinski definition) is 10. The zero-order chi connectivity index (χ0) is 26.6. The lowest BCUT2D eigenvalue weighted by Crippen LogP contribution is -2.13. The summed E-state index contributed by atoms with van der Waals surface area (Å²) in [5, 5.41) is 15.4. The molecule has 2 aromatic carbocycles. The van der Waals surface area contributed by atoms with Crippen molar-refractivity contribution in [3.05, 3.63) is 66.3 Å². The van der Waals surface area contributed by atoms with Gasteiger partial charge in [-0.2, -0.15) is 0 Å². The first kappa shape index (κ1) is 24.9. The maximum absolute atomic E-state index is 5.97. The minimum Gasteiger partial charge on any atom is -0.463 e. The first-order valence-electron chi connectivity index (χ1n) is 12.2. The van der Waals surface area contributed by atoms with Gasteiger partial charge in [-0.15, -0.1) is 10.2 Å². The van der Waals surface area contributed by atoms with Gasteiger partial charge in [-0.1, -0.05) is 13.8 Å². The van der Waals surface area contributed by atoms with Gasteiger partial charge in [0.15, 0.2) is 5.82 Å². The van der Waals surface area contributed by atoms with Crippen LogP contribution < -0.4 is 15.4 Å². The molecule has 0 unspecified atom stereocenters. The van der Waals surface area contributed by atoms with Crippen LogP contribution in [0.2, 0.25) is 0 Å². The van der Waals surface area contributed by atoms with Crippen molar-refractivity contribution in [1.82, 2.24) is 24.7 Å². The summed E-state index contributed by atoms with van der Waals surface area (Å²) in [7, 11) is 1.84. The van der Waals surface area contributed by atoms with Crippen molar-refractivity contribution in [2.75, 3.05) is 17.2 Å². The summed E-state index contributed by atoms with van der Waals surface area (Å²) in [5.74, 6) is 2.68. The molecule has 2 aromatic heterocycles. The highest BCUT2D eigenvalue weighted by atomic mass is 16.5. The van der Waals surface area contributed by atoms with E-state index in [9.17, 15) is 0 Å². The van der Waals surface area contributed by atoms with E-state index in [4.69, 9.17) is 9.47 Å². The molecule has 5 rings (SSSR count). The van der Waals surface area contributed by atoms with Gasteiger partial charge in [-0.05, 0) is 61.5 Å². The predicted octanol–water partition coefficient (Wildman–Crippen LogP) is 4.71. The molecule has 0 saturated carbocycles. The Morgan fingerprint density at radius 3 is 2.71 bits per heavy atom. The number of fused-ring (bicyclic) bond motifs is 1. The molecule has 2 N–H and O–H groups in total. The summed E-state index contributed by atoms with van der Waals surface area (Å²) < 4.78 is 13.4. The van der Waals surface area contributed by atoms with Gasteiger partial charge in [0.05, 0.1) is 11.6 Å². The van der Waals surface area contributed by atoms with Crippen LogP contribution in [-0.2, 0) is 11.8 Å². The van der Waals surface area contributed by atoms with Crippen LogP contribution in [0.5, 0.6) is 5.75 Å². The molecule has 0 spiro atoms. The van der Waals surface area contributed by atoms with Crippen molar-refractivity contribution in [1.29, 1.82) is 0 Å². The average molecular weight is 512 g/mol. The number of anilines is 3. The molecule has 3 heterocycles. The second-order valence-electron chi connectivity index (χ2n) is 9.28. The van der Waals surface area contributed by atoms with E-state index in [1.165, 1.54) is 0 Å². The van der Waals surface area contributed by atoms with Crippen molar-refractivity contribution >= 4 is 46.9 Å². The number of nitrogens with zero attached hydrogens (tertiary/aromatic N) is 7. The molecule has 11 nitrogen and oxygen atoms in total. The fraction of sp³-hybridized carbons (Fsp3) is 0.259. The zero-order valence-electron chi connectivity index (χ0n) is 21.7. The molecule has 0 aliphatic carbocycles. The Morgan fingerprint density at radius 2 is 2.00 bits per heavy atom. The highest BCUT2D eigenvalue weighted by Gasteiger charge is 2.22. The third kappa shape index (κ3) is 5.46. The summed E-state index contributed by atoms with van der Waals surface area (Å²) in [5.41, 5.74) is 3.41. The number of benzene rings is 2. The number of hydrogen-bond donors (Lipinski definition) is 2. The second-order valence-corrected chi connectivity index (χ2v) is 9.28. The number of ether oxygens (including phenoxy) is 2.